The summed E-state index contributed by atoms with van der Waals surface area (Å²) >= 11 is 0. The predicted octanol–water partition coefficient (Wildman–Crippen LogP) is 7.64. The van der Waals surface area contributed by atoms with E-state index in [1.807, 2.05) is 0 Å². The molecular weight excluding hydrogens is 388 g/mol. The van der Waals surface area contributed by atoms with Gasteiger partial charge in [-0.3, -0.25) is 9.59 Å². The van der Waals surface area contributed by atoms with E-state index in [4.69, 9.17) is 4.74 Å². The average molecular weight is 439 g/mol. The van der Waals surface area contributed by atoms with Crippen LogP contribution in [0.25, 0.3) is 0 Å². The van der Waals surface area contributed by atoms with Gasteiger partial charge in [-0.25, -0.2) is 0 Å². The van der Waals surface area contributed by atoms with E-state index in [0.717, 1.165) is 50.9 Å². The minimum atomic E-state index is -0.845. The summed E-state index contributed by atoms with van der Waals surface area (Å²) in [5.41, 5.74) is 0.304. The van der Waals surface area contributed by atoms with E-state index in [-0.39, 0.29) is 12.1 Å². The smallest absolute Gasteiger partial charge is 0.310 e. The van der Waals surface area contributed by atoms with Crippen molar-refractivity contribution < 1.29 is 19.4 Å². The molecule has 0 heterocycles. The van der Waals surface area contributed by atoms with Crippen LogP contribution in [-0.4, -0.2) is 23.1 Å². The molecular formula is C27H50O4. The minimum absolute atomic E-state index is 0.0728. The first kappa shape index (κ1) is 28.0. The van der Waals surface area contributed by atoms with Crippen molar-refractivity contribution in [2.45, 2.75) is 131 Å². The zero-order valence-corrected chi connectivity index (χ0v) is 21.3. The van der Waals surface area contributed by atoms with Gasteiger partial charge in [0, 0.05) is 0 Å². The van der Waals surface area contributed by atoms with Crippen molar-refractivity contribution >= 4 is 11.9 Å². The summed E-state index contributed by atoms with van der Waals surface area (Å²) in [6, 6.07) is 0. The fourth-order valence-corrected chi connectivity index (χ4v) is 5.12. The average Bonchev–Trinajstić information content (AvgIpc) is 2.66. The van der Waals surface area contributed by atoms with Crippen LogP contribution in [0, 0.1) is 29.1 Å². The number of aliphatic carboxylic acids is 1. The van der Waals surface area contributed by atoms with Crippen LogP contribution in [0.4, 0.5) is 0 Å². The Morgan fingerprint density at radius 2 is 1.45 bits per heavy atom. The van der Waals surface area contributed by atoms with Crippen LogP contribution in [-0.2, 0) is 14.3 Å². The van der Waals surface area contributed by atoms with Gasteiger partial charge in [0.1, 0.15) is 6.10 Å². The molecule has 0 radical (unpaired) electrons. The molecule has 0 aromatic heterocycles. The van der Waals surface area contributed by atoms with Crippen molar-refractivity contribution in [3.05, 3.63) is 0 Å². The first-order valence-corrected chi connectivity index (χ1v) is 12.9. The molecule has 31 heavy (non-hydrogen) atoms. The Balaban J connectivity index is 2.60. The maximum Gasteiger partial charge on any atom is 0.310 e. The highest BCUT2D eigenvalue weighted by molar-refractivity contribution is 5.81. The Labute approximate surface area is 191 Å². The Kier molecular flexibility index (Phi) is 12.8. The van der Waals surface area contributed by atoms with Gasteiger partial charge in [0.25, 0.3) is 0 Å². The van der Waals surface area contributed by atoms with Crippen LogP contribution in [0.5, 0.6) is 0 Å². The van der Waals surface area contributed by atoms with Gasteiger partial charge in [0.2, 0.25) is 0 Å². The molecule has 0 spiro atoms. The summed E-state index contributed by atoms with van der Waals surface area (Å²) in [4.78, 5) is 24.5. The lowest BCUT2D eigenvalue weighted by atomic mass is 9.79. The summed E-state index contributed by atoms with van der Waals surface area (Å²) in [5.74, 6) is -0.795. The summed E-state index contributed by atoms with van der Waals surface area (Å²) < 4.78 is 5.99. The SMILES string of the molecule is CC(C)CCCCCCC(CCC(C)CC(C)(C)C)OC(=O)C1CCCCC1C(=O)O. The van der Waals surface area contributed by atoms with Crippen molar-refractivity contribution in [2.24, 2.45) is 29.1 Å². The number of carbonyl (C=O) groups excluding carboxylic acids is 1. The van der Waals surface area contributed by atoms with Crippen LogP contribution in [0.2, 0.25) is 0 Å². The molecule has 182 valence electrons. The van der Waals surface area contributed by atoms with Crippen LogP contribution in [0.3, 0.4) is 0 Å². The lowest BCUT2D eigenvalue weighted by Crippen LogP contribution is -2.35. The highest BCUT2D eigenvalue weighted by Gasteiger charge is 2.37. The van der Waals surface area contributed by atoms with Crippen LogP contribution in [0.15, 0.2) is 0 Å². The van der Waals surface area contributed by atoms with E-state index >= 15 is 0 Å². The van der Waals surface area contributed by atoms with E-state index in [9.17, 15) is 14.7 Å². The molecule has 1 N–H and O–H groups in total. The molecule has 0 saturated heterocycles. The lowest BCUT2D eigenvalue weighted by Gasteiger charge is -2.29. The van der Waals surface area contributed by atoms with E-state index in [0.29, 0.717) is 24.2 Å². The number of unbranched alkanes of at least 4 members (excludes halogenated alkanes) is 3. The minimum Gasteiger partial charge on any atom is -0.481 e. The molecule has 1 fully saturated rings. The van der Waals surface area contributed by atoms with Gasteiger partial charge in [-0.15, -0.1) is 0 Å². The second kappa shape index (κ2) is 14.2. The number of rotatable bonds is 14. The van der Waals surface area contributed by atoms with Crippen molar-refractivity contribution in [1.82, 2.24) is 0 Å². The second-order valence-corrected chi connectivity index (χ2v) is 11.7. The Bertz CT molecular complexity index is 520. The van der Waals surface area contributed by atoms with Crippen molar-refractivity contribution in [3.63, 3.8) is 0 Å². The monoisotopic (exact) mass is 438 g/mol. The van der Waals surface area contributed by atoms with E-state index < -0.39 is 17.8 Å². The van der Waals surface area contributed by atoms with Gasteiger partial charge < -0.3 is 9.84 Å². The summed E-state index contributed by atoms with van der Waals surface area (Å²) in [7, 11) is 0. The molecule has 0 aromatic carbocycles. The third kappa shape index (κ3) is 12.5. The molecule has 4 nitrogen and oxygen atoms in total. The van der Waals surface area contributed by atoms with Gasteiger partial charge in [0.05, 0.1) is 11.8 Å². The molecule has 0 aliphatic heterocycles. The van der Waals surface area contributed by atoms with Crippen LogP contribution >= 0.6 is 0 Å². The van der Waals surface area contributed by atoms with E-state index in [2.05, 4.69) is 41.5 Å². The van der Waals surface area contributed by atoms with Crippen molar-refractivity contribution in [2.75, 3.05) is 0 Å². The van der Waals surface area contributed by atoms with E-state index in [1.54, 1.807) is 0 Å². The molecule has 1 aliphatic rings. The number of carboxylic acids is 1. The Morgan fingerprint density at radius 3 is 2.00 bits per heavy atom. The topological polar surface area (TPSA) is 63.6 Å². The van der Waals surface area contributed by atoms with Crippen molar-refractivity contribution in [1.29, 1.82) is 0 Å². The predicted molar refractivity (Wildman–Crippen MR) is 128 cm³/mol. The highest BCUT2D eigenvalue weighted by atomic mass is 16.5. The number of carbonyl (C=O) groups is 2. The number of hydrogen-bond acceptors (Lipinski definition) is 3. The Morgan fingerprint density at radius 1 is 0.871 bits per heavy atom. The Hall–Kier alpha value is -1.06. The molecule has 4 heteroatoms. The van der Waals surface area contributed by atoms with Crippen LogP contribution in [0.1, 0.15) is 125 Å². The van der Waals surface area contributed by atoms with Gasteiger partial charge in [-0.05, 0) is 62.2 Å². The quantitative estimate of drug-likeness (QED) is 0.223. The number of ether oxygens (including phenoxy) is 1. The maximum absolute atomic E-state index is 12.9. The highest BCUT2D eigenvalue weighted by Crippen LogP contribution is 2.33. The summed E-state index contributed by atoms with van der Waals surface area (Å²) in [6.45, 7) is 13.6. The van der Waals surface area contributed by atoms with Gasteiger partial charge in [-0.1, -0.05) is 80.1 Å². The zero-order chi connectivity index (χ0) is 23.4. The largest absolute Gasteiger partial charge is 0.481 e. The molecule has 1 aliphatic carbocycles. The summed E-state index contributed by atoms with van der Waals surface area (Å²) in [5, 5.41) is 9.53. The molecule has 1 rings (SSSR count). The van der Waals surface area contributed by atoms with Crippen molar-refractivity contribution in [3.8, 4) is 0 Å². The van der Waals surface area contributed by atoms with Crippen LogP contribution < -0.4 is 0 Å². The molecule has 0 bridgehead atoms. The van der Waals surface area contributed by atoms with Gasteiger partial charge in [-0.2, -0.15) is 0 Å². The fraction of sp³-hybridized carbons (Fsp3) is 0.926. The molecule has 4 atom stereocenters. The number of carboxylic acid groups (broad SMARTS) is 1. The third-order valence-corrected chi connectivity index (χ3v) is 6.67. The normalized spacial score (nSPS) is 21.6. The maximum atomic E-state index is 12.9. The van der Waals surface area contributed by atoms with E-state index in [1.165, 1.54) is 25.7 Å². The fourth-order valence-electron chi connectivity index (χ4n) is 5.12. The number of hydrogen-bond donors (Lipinski definition) is 1. The summed E-state index contributed by atoms with van der Waals surface area (Å²) in [6.07, 6.45) is 13.0. The molecule has 4 unspecified atom stereocenters. The molecule has 0 aromatic rings. The molecule has 1 saturated carbocycles. The van der Waals surface area contributed by atoms with Gasteiger partial charge >= 0.3 is 11.9 Å². The first-order valence-electron chi connectivity index (χ1n) is 12.9. The zero-order valence-electron chi connectivity index (χ0n) is 21.3. The lowest BCUT2D eigenvalue weighted by molar-refractivity contribution is -0.164. The third-order valence-electron chi connectivity index (χ3n) is 6.67. The first-order chi connectivity index (χ1) is 14.5. The second-order valence-electron chi connectivity index (χ2n) is 11.7. The van der Waals surface area contributed by atoms with Gasteiger partial charge in [0.15, 0.2) is 0 Å². The standard InChI is InChI=1S/C27H50O4/c1-20(2)13-9-7-8-10-14-22(18-17-21(3)19-27(4,5)6)31-26(30)24-16-12-11-15-23(24)25(28)29/h20-24H,7-19H2,1-6H3,(H,28,29). The number of esters is 1. The molecule has 0 amide bonds.